The number of amides is 2. The average Bonchev–Trinajstić information content (AvgIpc) is 3.02. The highest BCUT2D eigenvalue weighted by molar-refractivity contribution is 6.08. The largest absolute Gasteiger partial charge is 0.480 e. The Morgan fingerprint density at radius 2 is 1.89 bits per heavy atom. The number of hydrogen-bond donors (Lipinski definition) is 1. The standard InChI is InChI=1S/C14H15NO4/c1-2-3-9(14(18)19)15-12(16)10-7-4-5-8(6-7)11(10)13(15)17/h2,4-5,7-11H,1,3,6H2,(H,18,19). The number of nitrogens with zero attached hydrogens (tertiary/aromatic N) is 1. The fourth-order valence-electron chi connectivity index (χ4n) is 3.71. The van der Waals surface area contributed by atoms with Crippen LogP contribution in [0.4, 0.5) is 0 Å². The molecule has 1 aliphatic heterocycles. The van der Waals surface area contributed by atoms with Gasteiger partial charge in [0.15, 0.2) is 0 Å². The molecule has 5 atom stereocenters. The molecule has 2 fully saturated rings. The Balaban J connectivity index is 1.93. The maximum absolute atomic E-state index is 12.4. The first-order valence-corrected chi connectivity index (χ1v) is 6.45. The molecule has 3 aliphatic rings. The minimum atomic E-state index is -1.15. The number of hydrogen-bond acceptors (Lipinski definition) is 3. The summed E-state index contributed by atoms with van der Waals surface area (Å²) in [6.45, 7) is 3.49. The average molecular weight is 261 g/mol. The van der Waals surface area contributed by atoms with E-state index in [0.717, 1.165) is 11.3 Å². The molecular formula is C14H15NO4. The number of carbonyl (C=O) groups is 3. The van der Waals surface area contributed by atoms with Gasteiger partial charge in [0.05, 0.1) is 11.8 Å². The molecule has 1 saturated heterocycles. The molecule has 5 unspecified atom stereocenters. The van der Waals surface area contributed by atoms with E-state index in [0.29, 0.717) is 0 Å². The molecule has 100 valence electrons. The van der Waals surface area contributed by atoms with Crippen LogP contribution in [0.15, 0.2) is 24.8 Å². The van der Waals surface area contributed by atoms with Gasteiger partial charge in [-0.25, -0.2) is 4.79 Å². The fourth-order valence-corrected chi connectivity index (χ4v) is 3.71. The highest BCUT2D eigenvalue weighted by Crippen LogP contribution is 2.52. The molecule has 5 nitrogen and oxygen atoms in total. The van der Waals surface area contributed by atoms with Gasteiger partial charge in [-0.3, -0.25) is 14.5 Å². The number of rotatable bonds is 4. The Bertz CT molecular complexity index is 480. The topological polar surface area (TPSA) is 74.7 Å². The summed E-state index contributed by atoms with van der Waals surface area (Å²) >= 11 is 0. The summed E-state index contributed by atoms with van der Waals surface area (Å²) in [5.74, 6) is -2.25. The predicted molar refractivity (Wildman–Crippen MR) is 65.8 cm³/mol. The quantitative estimate of drug-likeness (QED) is 0.600. The van der Waals surface area contributed by atoms with Crippen molar-refractivity contribution in [3.05, 3.63) is 24.8 Å². The second kappa shape index (κ2) is 4.05. The third-order valence-electron chi connectivity index (χ3n) is 4.49. The van der Waals surface area contributed by atoms with E-state index in [1.807, 2.05) is 12.2 Å². The zero-order chi connectivity index (χ0) is 13.7. The normalized spacial score (nSPS) is 36.7. The number of allylic oxidation sites excluding steroid dienone is 2. The van der Waals surface area contributed by atoms with E-state index < -0.39 is 12.0 Å². The summed E-state index contributed by atoms with van der Waals surface area (Å²) in [5, 5.41) is 9.20. The van der Waals surface area contributed by atoms with Crippen LogP contribution in [0.3, 0.4) is 0 Å². The molecule has 2 amide bonds. The second-order valence-corrected chi connectivity index (χ2v) is 5.42. The molecule has 5 heteroatoms. The lowest BCUT2D eigenvalue weighted by Crippen LogP contribution is -2.46. The van der Waals surface area contributed by atoms with E-state index in [9.17, 15) is 19.5 Å². The fraction of sp³-hybridized carbons (Fsp3) is 0.500. The molecular weight excluding hydrogens is 246 g/mol. The van der Waals surface area contributed by atoms with Crippen LogP contribution in [-0.4, -0.2) is 33.8 Å². The maximum Gasteiger partial charge on any atom is 0.327 e. The van der Waals surface area contributed by atoms with Crippen molar-refractivity contribution in [2.24, 2.45) is 23.7 Å². The molecule has 2 aliphatic carbocycles. The van der Waals surface area contributed by atoms with Gasteiger partial charge in [0, 0.05) is 0 Å². The first-order chi connectivity index (χ1) is 9.06. The van der Waals surface area contributed by atoms with E-state index in [1.54, 1.807) is 0 Å². The predicted octanol–water partition coefficient (Wildman–Crippen LogP) is 0.823. The molecule has 1 N–H and O–H groups in total. The van der Waals surface area contributed by atoms with E-state index >= 15 is 0 Å². The first-order valence-electron chi connectivity index (χ1n) is 6.45. The first kappa shape index (κ1) is 12.1. The Labute approximate surface area is 110 Å². The van der Waals surface area contributed by atoms with Crippen molar-refractivity contribution in [3.63, 3.8) is 0 Å². The van der Waals surface area contributed by atoms with Crippen molar-refractivity contribution in [2.75, 3.05) is 0 Å². The molecule has 19 heavy (non-hydrogen) atoms. The summed E-state index contributed by atoms with van der Waals surface area (Å²) in [5.41, 5.74) is 0. The van der Waals surface area contributed by atoms with Gasteiger partial charge in [-0.15, -0.1) is 6.58 Å². The molecule has 2 bridgehead atoms. The summed E-state index contributed by atoms with van der Waals surface area (Å²) in [6, 6.07) is -1.11. The van der Waals surface area contributed by atoms with Gasteiger partial charge in [0.1, 0.15) is 6.04 Å². The molecule has 0 aromatic carbocycles. The van der Waals surface area contributed by atoms with Gasteiger partial charge >= 0.3 is 5.97 Å². The van der Waals surface area contributed by atoms with Crippen molar-refractivity contribution in [1.29, 1.82) is 0 Å². The molecule has 0 spiro atoms. The summed E-state index contributed by atoms with van der Waals surface area (Å²) < 4.78 is 0. The number of carboxylic acids is 1. The van der Waals surface area contributed by atoms with Crippen molar-refractivity contribution in [3.8, 4) is 0 Å². The van der Waals surface area contributed by atoms with Crippen LogP contribution in [0.25, 0.3) is 0 Å². The lowest BCUT2D eigenvalue weighted by atomic mass is 9.85. The van der Waals surface area contributed by atoms with E-state index in [1.165, 1.54) is 6.08 Å². The van der Waals surface area contributed by atoms with Gasteiger partial charge in [-0.05, 0) is 24.7 Å². The summed E-state index contributed by atoms with van der Waals surface area (Å²) in [6.07, 6.45) is 6.35. The van der Waals surface area contributed by atoms with Gasteiger partial charge in [-0.2, -0.15) is 0 Å². The lowest BCUT2D eigenvalue weighted by Gasteiger charge is -2.23. The highest BCUT2D eigenvalue weighted by atomic mass is 16.4. The Morgan fingerprint density at radius 3 is 2.32 bits per heavy atom. The Morgan fingerprint density at radius 1 is 1.37 bits per heavy atom. The van der Waals surface area contributed by atoms with E-state index in [2.05, 4.69) is 6.58 Å². The van der Waals surface area contributed by atoms with Crippen LogP contribution in [0.1, 0.15) is 12.8 Å². The SMILES string of the molecule is C=CCC(C(=O)O)N1C(=O)C2C3C=CC(C3)C2C1=O. The molecule has 3 rings (SSSR count). The van der Waals surface area contributed by atoms with Crippen LogP contribution in [0.5, 0.6) is 0 Å². The summed E-state index contributed by atoms with van der Waals surface area (Å²) in [7, 11) is 0. The van der Waals surface area contributed by atoms with Crippen LogP contribution in [0, 0.1) is 23.7 Å². The third kappa shape index (κ3) is 1.50. The second-order valence-electron chi connectivity index (χ2n) is 5.42. The number of imide groups is 1. The zero-order valence-electron chi connectivity index (χ0n) is 10.4. The van der Waals surface area contributed by atoms with Crippen molar-refractivity contribution in [1.82, 2.24) is 4.90 Å². The van der Waals surface area contributed by atoms with Crippen molar-refractivity contribution in [2.45, 2.75) is 18.9 Å². The molecule has 1 saturated carbocycles. The monoisotopic (exact) mass is 261 g/mol. The van der Waals surface area contributed by atoms with Crippen LogP contribution < -0.4 is 0 Å². The van der Waals surface area contributed by atoms with Crippen LogP contribution in [-0.2, 0) is 14.4 Å². The highest BCUT2D eigenvalue weighted by Gasteiger charge is 2.60. The molecule has 1 heterocycles. The number of carboxylic acid groups (broad SMARTS) is 1. The minimum absolute atomic E-state index is 0.0923. The number of likely N-dealkylation sites (tertiary alicyclic amines) is 1. The smallest absolute Gasteiger partial charge is 0.327 e. The number of aliphatic carboxylic acids is 1. The summed E-state index contributed by atoms with van der Waals surface area (Å²) in [4.78, 5) is 37.0. The molecule has 0 aromatic rings. The third-order valence-corrected chi connectivity index (χ3v) is 4.49. The molecule has 0 radical (unpaired) electrons. The van der Waals surface area contributed by atoms with Gasteiger partial charge < -0.3 is 5.11 Å². The Kier molecular flexibility index (Phi) is 2.59. The van der Waals surface area contributed by atoms with E-state index in [4.69, 9.17) is 0 Å². The van der Waals surface area contributed by atoms with E-state index in [-0.39, 0.29) is 41.9 Å². The Hall–Kier alpha value is -1.91. The van der Waals surface area contributed by atoms with Crippen LogP contribution >= 0.6 is 0 Å². The number of fused-ring (bicyclic) bond motifs is 5. The van der Waals surface area contributed by atoms with Gasteiger partial charge in [0.2, 0.25) is 11.8 Å². The lowest BCUT2D eigenvalue weighted by molar-refractivity contribution is -0.155. The van der Waals surface area contributed by atoms with Crippen molar-refractivity contribution < 1.29 is 19.5 Å². The zero-order valence-corrected chi connectivity index (χ0v) is 10.4. The number of carbonyl (C=O) groups excluding carboxylic acids is 2. The molecule has 0 aromatic heterocycles. The van der Waals surface area contributed by atoms with Gasteiger partial charge in [-0.1, -0.05) is 18.2 Å². The van der Waals surface area contributed by atoms with Crippen molar-refractivity contribution >= 4 is 17.8 Å². The van der Waals surface area contributed by atoms with Gasteiger partial charge in [0.25, 0.3) is 0 Å². The maximum atomic E-state index is 12.4. The minimum Gasteiger partial charge on any atom is -0.480 e. The van der Waals surface area contributed by atoms with Crippen LogP contribution in [0.2, 0.25) is 0 Å².